The second kappa shape index (κ2) is 59.2. The Morgan fingerprint density at radius 3 is 1.06 bits per heavy atom. The zero-order valence-corrected chi connectivity index (χ0v) is 45.9. The van der Waals surface area contributed by atoms with Gasteiger partial charge in [-0.15, -0.1) is 0 Å². The molecule has 0 amide bonds. The number of ether oxygens (including phenoxy) is 3. The summed E-state index contributed by atoms with van der Waals surface area (Å²) in [6.45, 7) is 7.74. The average Bonchev–Trinajstić information content (AvgIpc) is 3.34. The van der Waals surface area contributed by atoms with Crippen LogP contribution >= 0.6 is 0 Å². The van der Waals surface area contributed by atoms with E-state index < -0.39 is 6.10 Å². The van der Waals surface area contributed by atoms with Crippen LogP contribution in [0, 0.1) is 0 Å². The number of hydrogen-bond acceptors (Lipinski definition) is 5. The lowest BCUT2D eigenvalue weighted by Crippen LogP contribution is -2.30. The van der Waals surface area contributed by atoms with E-state index >= 15 is 0 Å². The number of carbonyl (C=O) groups excluding carboxylic acids is 2. The van der Waals surface area contributed by atoms with E-state index in [1.165, 1.54) is 212 Å². The van der Waals surface area contributed by atoms with Gasteiger partial charge in [-0.3, -0.25) is 9.59 Å². The summed E-state index contributed by atoms with van der Waals surface area (Å²) in [5, 5.41) is 0. The van der Waals surface area contributed by atoms with E-state index in [9.17, 15) is 9.59 Å². The summed E-state index contributed by atoms with van der Waals surface area (Å²) < 4.78 is 17.5. The third-order valence-electron chi connectivity index (χ3n) is 13.4. The molecule has 0 aliphatic rings. The molecular weight excluding hydrogens is 837 g/mol. The van der Waals surface area contributed by atoms with E-state index in [0.29, 0.717) is 19.4 Å². The Morgan fingerprint density at radius 1 is 0.338 bits per heavy atom. The van der Waals surface area contributed by atoms with Crippen molar-refractivity contribution >= 4 is 11.9 Å². The van der Waals surface area contributed by atoms with Gasteiger partial charge in [0.1, 0.15) is 6.61 Å². The van der Waals surface area contributed by atoms with Crippen LogP contribution < -0.4 is 0 Å². The minimum absolute atomic E-state index is 0.0832. The Kier molecular flexibility index (Phi) is 57.3. The summed E-state index contributed by atoms with van der Waals surface area (Å²) in [5.74, 6) is -0.387. The Bertz CT molecular complexity index is 1120. The first kappa shape index (κ1) is 65.9. The van der Waals surface area contributed by atoms with Crippen molar-refractivity contribution in [3.8, 4) is 0 Å². The summed E-state index contributed by atoms with van der Waals surface area (Å²) in [6, 6.07) is 0. The van der Waals surface area contributed by atoms with Gasteiger partial charge in [0.25, 0.3) is 0 Å². The standard InChI is InChI=1S/C63H116O5/c1-4-7-10-13-16-19-22-25-28-30-32-33-36-38-41-44-47-50-53-56-62(64)67-60-61(68-63(65)57-54-51-48-45-42-39-35-27-24-21-18-15-12-9-6-3)59-66-58-55-52-49-46-43-40-37-34-31-29-26-23-20-17-14-11-8-5-2/h8,11,17,20,26,29,34,37,61H,4-7,9-10,12-16,18-19,21-25,27-28,30-33,35-36,38-60H2,1-3H3/b11-8-,20-17-,29-26-,37-34-. The first-order chi connectivity index (χ1) is 33.6. The molecular formula is C63H116O5. The Hall–Kier alpha value is -2.14. The van der Waals surface area contributed by atoms with Crippen LogP contribution in [0.25, 0.3) is 0 Å². The fourth-order valence-electron chi connectivity index (χ4n) is 8.92. The summed E-state index contributed by atoms with van der Waals surface area (Å²) >= 11 is 0. The predicted molar refractivity (Wildman–Crippen MR) is 298 cm³/mol. The third kappa shape index (κ3) is 56.4. The zero-order chi connectivity index (χ0) is 49.2. The molecule has 0 aromatic rings. The van der Waals surface area contributed by atoms with Gasteiger partial charge < -0.3 is 14.2 Å². The molecule has 1 unspecified atom stereocenters. The van der Waals surface area contributed by atoms with Crippen molar-refractivity contribution < 1.29 is 23.8 Å². The maximum absolute atomic E-state index is 12.9. The van der Waals surface area contributed by atoms with Gasteiger partial charge in [-0.2, -0.15) is 0 Å². The predicted octanol–water partition coefficient (Wildman–Crippen LogP) is 20.7. The van der Waals surface area contributed by atoms with Gasteiger partial charge in [0.15, 0.2) is 6.10 Å². The van der Waals surface area contributed by atoms with Gasteiger partial charge in [-0.1, -0.05) is 294 Å². The topological polar surface area (TPSA) is 61.8 Å². The summed E-state index contributed by atoms with van der Waals surface area (Å²) in [4.78, 5) is 25.6. The van der Waals surface area contributed by atoms with Gasteiger partial charge in [-0.05, 0) is 57.8 Å². The highest BCUT2D eigenvalue weighted by Crippen LogP contribution is 2.17. The highest BCUT2D eigenvalue weighted by molar-refractivity contribution is 5.70. The molecule has 0 radical (unpaired) electrons. The van der Waals surface area contributed by atoms with E-state index in [1.807, 2.05) is 0 Å². The number of unbranched alkanes of at least 4 members (excludes halogenated alkanes) is 37. The van der Waals surface area contributed by atoms with Crippen LogP contribution in [0.3, 0.4) is 0 Å². The van der Waals surface area contributed by atoms with Crippen molar-refractivity contribution in [3.63, 3.8) is 0 Å². The fraction of sp³-hybridized carbons (Fsp3) is 0.841. The zero-order valence-electron chi connectivity index (χ0n) is 45.9. The molecule has 0 aliphatic heterocycles. The lowest BCUT2D eigenvalue weighted by Gasteiger charge is -2.18. The number of allylic oxidation sites excluding steroid dienone is 8. The van der Waals surface area contributed by atoms with E-state index in [2.05, 4.69) is 69.4 Å². The van der Waals surface area contributed by atoms with Crippen molar-refractivity contribution in [3.05, 3.63) is 48.6 Å². The molecule has 5 nitrogen and oxygen atoms in total. The first-order valence-corrected chi connectivity index (χ1v) is 30.2. The SMILES string of the molecule is CC/C=C\C/C=C\C/C=C\C/C=C\CCCCCCCOCC(COC(=O)CCCCCCCCCCCCCCCCCCCCC)OC(=O)CCCCCCCCCCCCCCCCC. The van der Waals surface area contributed by atoms with Crippen LogP contribution in [-0.4, -0.2) is 37.9 Å². The largest absolute Gasteiger partial charge is 0.462 e. The van der Waals surface area contributed by atoms with Gasteiger partial charge in [-0.25, -0.2) is 0 Å². The molecule has 0 heterocycles. The molecule has 0 aromatic carbocycles. The lowest BCUT2D eigenvalue weighted by molar-refractivity contribution is -0.163. The molecule has 0 saturated heterocycles. The Balaban J connectivity index is 4.25. The molecule has 68 heavy (non-hydrogen) atoms. The van der Waals surface area contributed by atoms with E-state index in [1.54, 1.807) is 0 Å². The highest BCUT2D eigenvalue weighted by atomic mass is 16.6. The smallest absolute Gasteiger partial charge is 0.306 e. The molecule has 1 atom stereocenters. The first-order valence-electron chi connectivity index (χ1n) is 30.2. The summed E-state index contributed by atoms with van der Waals surface area (Å²) in [7, 11) is 0. The normalized spacial score (nSPS) is 12.5. The molecule has 0 saturated carbocycles. The second-order valence-corrected chi connectivity index (χ2v) is 20.2. The molecule has 0 aliphatic carbocycles. The molecule has 0 spiro atoms. The monoisotopic (exact) mass is 953 g/mol. The molecule has 0 rings (SSSR count). The van der Waals surface area contributed by atoms with Crippen LogP contribution in [0.1, 0.15) is 316 Å². The quantitative estimate of drug-likeness (QED) is 0.0345. The van der Waals surface area contributed by atoms with Crippen LogP contribution in [0.15, 0.2) is 48.6 Å². The van der Waals surface area contributed by atoms with Gasteiger partial charge in [0, 0.05) is 19.4 Å². The van der Waals surface area contributed by atoms with E-state index in [4.69, 9.17) is 14.2 Å². The maximum Gasteiger partial charge on any atom is 0.306 e. The van der Waals surface area contributed by atoms with Crippen molar-refractivity contribution in [1.82, 2.24) is 0 Å². The van der Waals surface area contributed by atoms with Crippen LogP contribution in [-0.2, 0) is 23.8 Å². The minimum atomic E-state index is -0.543. The average molecular weight is 954 g/mol. The Morgan fingerprint density at radius 2 is 0.662 bits per heavy atom. The second-order valence-electron chi connectivity index (χ2n) is 20.2. The maximum atomic E-state index is 12.9. The van der Waals surface area contributed by atoms with Crippen LogP contribution in [0.5, 0.6) is 0 Å². The third-order valence-corrected chi connectivity index (χ3v) is 13.4. The minimum Gasteiger partial charge on any atom is -0.462 e. The van der Waals surface area contributed by atoms with Gasteiger partial charge in [0.05, 0.1) is 6.61 Å². The number of carbonyl (C=O) groups is 2. The van der Waals surface area contributed by atoms with Crippen molar-refractivity contribution in [2.45, 2.75) is 322 Å². The van der Waals surface area contributed by atoms with Gasteiger partial charge in [0.2, 0.25) is 0 Å². The molecule has 0 fully saturated rings. The molecule has 0 aromatic heterocycles. The molecule has 0 bridgehead atoms. The van der Waals surface area contributed by atoms with Gasteiger partial charge >= 0.3 is 11.9 Å². The Labute approximate surface area is 424 Å². The molecule has 0 N–H and O–H groups in total. The van der Waals surface area contributed by atoms with Crippen LogP contribution in [0.4, 0.5) is 0 Å². The van der Waals surface area contributed by atoms with Crippen LogP contribution in [0.2, 0.25) is 0 Å². The highest BCUT2D eigenvalue weighted by Gasteiger charge is 2.17. The number of hydrogen-bond donors (Lipinski definition) is 0. The summed E-state index contributed by atoms with van der Waals surface area (Å²) in [5.41, 5.74) is 0. The molecule has 398 valence electrons. The number of esters is 2. The van der Waals surface area contributed by atoms with Crippen molar-refractivity contribution in [1.29, 1.82) is 0 Å². The van der Waals surface area contributed by atoms with E-state index in [-0.39, 0.29) is 25.2 Å². The van der Waals surface area contributed by atoms with Crippen molar-refractivity contribution in [2.24, 2.45) is 0 Å². The van der Waals surface area contributed by atoms with E-state index in [0.717, 1.165) is 70.6 Å². The fourth-order valence-corrected chi connectivity index (χ4v) is 8.92. The number of rotatable bonds is 56. The van der Waals surface area contributed by atoms with Crippen molar-refractivity contribution in [2.75, 3.05) is 19.8 Å². The lowest BCUT2D eigenvalue weighted by atomic mass is 10.0. The summed E-state index contributed by atoms with van der Waals surface area (Å²) in [6.07, 6.45) is 74.2. The molecule has 5 heteroatoms.